The number of hydrogen-bond acceptors (Lipinski definition) is 5. The number of nitriles is 1. The van der Waals surface area contributed by atoms with Crippen molar-refractivity contribution in [2.75, 3.05) is 0 Å². The molecule has 3 aromatic rings. The highest BCUT2D eigenvalue weighted by Crippen LogP contribution is 2.44. The fourth-order valence-corrected chi connectivity index (χ4v) is 3.18. The maximum atomic E-state index is 12.9. The van der Waals surface area contributed by atoms with Crippen LogP contribution in [0, 0.1) is 11.3 Å². The summed E-state index contributed by atoms with van der Waals surface area (Å²) < 4.78 is 5.92. The molecule has 0 atom stereocenters. The lowest BCUT2D eigenvalue weighted by Gasteiger charge is -2.29. The van der Waals surface area contributed by atoms with Crippen LogP contribution in [0.3, 0.4) is 0 Å². The molecule has 2 heterocycles. The fourth-order valence-electron chi connectivity index (χ4n) is 3.18. The molecule has 0 aliphatic heterocycles. The minimum atomic E-state index is -0.664. The van der Waals surface area contributed by atoms with Gasteiger partial charge in [0.05, 0.1) is 28.3 Å². The van der Waals surface area contributed by atoms with Crippen molar-refractivity contribution < 1.29 is 14.3 Å². The Hall–Kier alpha value is -3.13. The largest absolute Gasteiger partial charge is 0.493 e. The Balaban J connectivity index is 2.10. The van der Waals surface area contributed by atoms with E-state index in [1.807, 2.05) is 13.8 Å². The van der Waals surface area contributed by atoms with E-state index in [0.29, 0.717) is 39.1 Å². The Labute approximate surface area is 131 Å². The molecule has 0 amide bonds. The molecule has 5 heteroatoms. The van der Waals surface area contributed by atoms with Gasteiger partial charge < -0.3 is 9.52 Å². The Bertz CT molecular complexity index is 1040. The van der Waals surface area contributed by atoms with Crippen molar-refractivity contribution in [1.29, 1.82) is 5.26 Å². The molecule has 0 radical (unpaired) electrons. The monoisotopic (exact) mass is 304 g/mol. The van der Waals surface area contributed by atoms with Crippen molar-refractivity contribution in [1.82, 2.24) is 4.98 Å². The van der Waals surface area contributed by atoms with Gasteiger partial charge in [-0.3, -0.25) is 4.79 Å². The van der Waals surface area contributed by atoms with Crippen LogP contribution in [0.1, 0.15) is 46.8 Å². The third-order valence-corrected chi connectivity index (χ3v) is 4.33. The highest BCUT2D eigenvalue weighted by atomic mass is 16.3. The van der Waals surface area contributed by atoms with Gasteiger partial charge in [-0.2, -0.15) is 5.26 Å². The van der Waals surface area contributed by atoms with Crippen molar-refractivity contribution in [2.24, 2.45) is 0 Å². The SMILES string of the molecule is CC1(C)c2nc(O)ccc2C(=O)c2c1oc1cc(C#N)ccc21. The quantitative estimate of drug-likeness (QED) is 0.688. The van der Waals surface area contributed by atoms with Crippen molar-refractivity contribution >= 4 is 16.8 Å². The molecule has 0 saturated heterocycles. The number of aromatic hydroxyl groups is 1. The minimum absolute atomic E-state index is 0.129. The number of rotatable bonds is 0. The summed E-state index contributed by atoms with van der Waals surface area (Å²) in [6.07, 6.45) is 0. The van der Waals surface area contributed by atoms with Gasteiger partial charge in [0.2, 0.25) is 5.88 Å². The number of furan rings is 1. The van der Waals surface area contributed by atoms with Crippen LogP contribution in [-0.4, -0.2) is 15.9 Å². The zero-order chi connectivity index (χ0) is 16.4. The maximum absolute atomic E-state index is 12.9. The molecule has 4 rings (SSSR count). The molecule has 2 aromatic heterocycles. The number of ketones is 1. The van der Waals surface area contributed by atoms with Gasteiger partial charge in [-0.05, 0) is 38.1 Å². The van der Waals surface area contributed by atoms with Gasteiger partial charge >= 0.3 is 0 Å². The number of fused-ring (bicyclic) bond motifs is 4. The van der Waals surface area contributed by atoms with Gasteiger partial charge in [0.1, 0.15) is 11.3 Å². The molecule has 1 N–H and O–H groups in total. The van der Waals surface area contributed by atoms with E-state index in [1.165, 1.54) is 6.07 Å². The first-order valence-corrected chi connectivity index (χ1v) is 7.16. The lowest BCUT2D eigenvalue weighted by atomic mass is 9.74. The number of hydrogen-bond donors (Lipinski definition) is 1. The smallest absolute Gasteiger partial charge is 0.211 e. The Morgan fingerprint density at radius 2 is 2.04 bits per heavy atom. The summed E-state index contributed by atoms with van der Waals surface area (Å²) in [6.45, 7) is 3.80. The normalized spacial score (nSPS) is 15.1. The van der Waals surface area contributed by atoms with E-state index in [4.69, 9.17) is 9.68 Å². The van der Waals surface area contributed by atoms with Gasteiger partial charge in [0, 0.05) is 17.0 Å². The molecule has 1 aliphatic carbocycles. The summed E-state index contributed by atoms with van der Waals surface area (Å²) in [5.41, 5.74) is 1.79. The highest BCUT2D eigenvalue weighted by Gasteiger charge is 2.42. The molecule has 112 valence electrons. The Morgan fingerprint density at radius 3 is 2.78 bits per heavy atom. The second-order valence-corrected chi connectivity index (χ2v) is 6.15. The molecule has 0 unspecified atom stereocenters. The van der Waals surface area contributed by atoms with E-state index in [0.717, 1.165) is 0 Å². The topological polar surface area (TPSA) is 87.1 Å². The summed E-state index contributed by atoms with van der Waals surface area (Å²) in [7, 11) is 0. The molecule has 0 bridgehead atoms. The van der Waals surface area contributed by atoms with E-state index >= 15 is 0 Å². The first-order chi connectivity index (χ1) is 10.9. The molecule has 0 saturated carbocycles. The zero-order valence-electron chi connectivity index (χ0n) is 12.5. The average Bonchev–Trinajstić information content (AvgIpc) is 2.92. The summed E-state index contributed by atoms with van der Waals surface area (Å²) >= 11 is 0. The van der Waals surface area contributed by atoms with Crippen LogP contribution in [0.5, 0.6) is 5.88 Å². The van der Waals surface area contributed by atoms with E-state index in [1.54, 1.807) is 24.3 Å². The molecule has 5 nitrogen and oxygen atoms in total. The van der Waals surface area contributed by atoms with E-state index in [-0.39, 0.29) is 11.7 Å². The number of carbonyl (C=O) groups excluding carboxylic acids is 1. The predicted octanol–water partition coefficient (Wildman–Crippen LogP) is 3.28. The summed E-state index contributed by atoms with van der Waals surface area (Å²) in [4.78, 5) is 17.0. The number of aromatic nitrogens is 1. The summed E-state index contributed by atoms with van der Waals surface area (Å²) in [5, 5.41) is 19.4. The second kappa shape index (κ2) is 4.20. The van der Waals surface area contributed by atoms with Crippen LogP contribution in [0.4, 0.5) is 0 Å². The van der Waals surface area contributed by atoms with Crippen molar-refractivity contribution in [3.63, 3.8) is 0 Å². The number of benzene rings is 1. The molecule has 0 spiro atoms. The molecule has 23 heavy (non-hydrogen) atoms. The molecule has 0 fully saturated rings. The first kappa shape index (κ1) is 13.5. The van der Waals surface area contributed by atoms with Crippen LogP contribution in [0.15, 0.2) is 34.7 Å². The van der Waals surface area contributed by atoms with Gasteiger partial charge in [-0.25, -0.2) is 4.98 Å². The molecular formula is C18H12N2O3. The number of carbonyl (C=O) groups is 1. The van der Waals surface area contributed by atoms with Gasteiger partial charge in [0.25, 0.3) is 0 Å². The Morgan fingerprint density at radius 1 is 1.26 bits per heavy atom. The first-order valence-electron chi connectivity index (χ1n) is 7.16. The van der Waals surface area contributed by atoms with Crippen LogP contribution in [-0.2, 0) is 5.41 Å². The number of pyridine rings is 1. The van der Waals surface area contributed by atoms with E-state index in [9.17, 15) is 9.90 Å². The van der Waals surface area contributed by atoms with Gasteiger partial charge in [-0.1, -0.05) is 0 Å². The van der Waals surface area contributed by atoms with E-state index in [2.05, 4.69) is 11.1 Å². The van der Waals surface area contributed by atoms with E-state index < -0.39 is 5.41 Å². The van der Waals surface area contributed by atoms with Crippen molar-refractivity contribution in [3.8, 4) is 11.9 Å². The molecule has 1 aromatic carbocycles. The minimum Gasteiger partial charge on any atom is -0.493 e. The predicted molar refractivity (Wildman–Crippen MR) is 82.4 cm³/mol. The molecule has 1 aliphatic rings. The summed E-state index contributed by atoms with van der Waals surface area (Å²) in [6, 6.07) is 10.1. The van der Waals surface area contributed by atoms with Gasteiger partial charge in [-0.15, -0.1) is 0 Å². The van der Waals surface area contributed by atoms with Crippen LogP contribution in [0.25, 0.3) is 11.0 Å². The number of nitrogens with zero attached hydrogens (tertiary/aromatic N) is 2. The standard InChI is InChI=1S/C18H12N2O3/c1-18(2)16-11(5-6-13(21)20-16)15(22)14-10-4-3-9(8-19)7-12(10)23-17(14)18/h3-7H,1-2H3,(H,20,21). The zero-order valence-corrected chi connectivity index (χ0v) is 12.5. The summed E-state index contributed by atoms with van der Waals surface area (Å²) in [5.74, 6) is 0.208. The lowest BCUT2D eigenvalue weighted by molar-refractivity contribution is 0.102. The van der Waals surface area contributed by atoms with Crippen LogP contribution < -0.4 is 0 Å². The Kier molecular flexibility index (Phi) is 2.47. The van der Waals surface area contributed by atoms with Crippen molar-refractivity contribution in [2.45, 2.75) is 19.3 Å². The maximum Gasteiger partial charge on any atom is 0.211 e. The second-order valence-electron chi connectivity index (χ2n) is 6.15. The van der Waals surface area contributed by atoms with Gasteiger partial charge in [0.15, 0.2) is 5.78 Å². The fraction of sp³-hybridized carbons (Fsp3) is 0.167. The van der Waals surface area contributed by atoms with Crippen LogP contribution in [0.2, 0.25) is 0 Å². The molecular weight excluding hydrogens is 292 g/mol. The third kappa shape index (κ3) is 1.66. The highest BCUT2D eigenvalue weighted by molar-refractivity contribution is 6.19. The third-order valence-electron chi connectivity index (χ3n) is 4.33. The average molecular weight is 304 g/mol. The lowest BCUT2D eigenvalue weighted by Crippen LogP contribution is -2.30. The van der Waals surface area contributed by atoms with Crippen LogP contribution >= 0.6 is 0 Å². The van der Waals surface area contributed by atoms with Crippen molar-refractivity contribution in [3.05, 3.63) is 58.5 Å².